The minimum atomic E-state index is -1.06. The molecule has 1 heterocycles. The highest BCUT2D eigenvalue weighted by atomic mass is 16.4. The highest BCUT2D eigenvalue weighted by Gasteiger charge is 2.14. The van der Waals surface area contributed by atoms with E-state index >= 15 is 0 Å². The number of phenolic OH excluding ortho intramolecular Hbond substituents is 1. The van der Waals surface area contributed by atoms with Crippen molar-refractivity contribution in [1.29, 1.82) is 0 Å². The van der Waals surface area contributed by atoms with Crippen LogP contribution < -0.4 is 5.73 Å². The molecule has 2 aromatic rings. The van der Waals surface area contributed by atoms with Gasteiger partial charge in [0, 0.05) is 12.6 Å². The molecule has 1 atom stereocenters. The molecule has 7 nitrogen and oxygen atoms in total. The average Bonchev–Trinajstić information content (AvgIpc) is 2.79. The molecule has 0 saturated carbocycles. The number of carbonyl (C=O) groups is 1. The fourth-order valence-electron chi connectivity index (χ4n) is 1.61. The first-order valence-corrected chi connectivity index (χ1v) is 5.70. The van der Waals surface area contributed by atoms with Crippen LogP contribution in [0.5, 0.6) is 5.75 Å². The van der Waals surface area contributed by atoms with Gasteiger partial charge in [-0.2, -0.15) is 0 Å². The zero-order chi connectivity index (χ0) is 13.8. The second-order valence-corrected chi connectivity index (χ2v) is 4.22. The summed E-state index contributed by atoms with van der Waals surface area (Å²) < 4.78 is 1.59. The monoisotopic (exact) mass is 262 g/mol. The van der Waals surface area contributed by atoms with Gasteiger partial charge in [-0.1, -0.05) is 17.3 Å². The highest BCUT2D eigenvalue weighted by molar-refractivity contribution is 5.73. The molecule has 0 spiro atoms. The molecule has 0 amide bonds. The van der Waals surface area contributed by atoms with Gasteiger partial charge in [0.2, 0.25) is 0 Å². The number of carboxylic acid groups (broad SMARTS) is 1. The third-order valence-electron chi connectivity index (χ3n) is 2.61. The molecule has 0 aliphatic heterocycles. The van der Waals surface area contributed by atoms with Crippen LogP contribution in [0, 0.1) is 0 Å². The minimum absolute atomic E-state index is 0.144. The van der Waals surface area contributed by atoms with Crippen LogP contribution in [0.1, 0.15) is 11.3 Å². The number of phenols is 1. The molecule has 0 fully saturated rings. The third-order valence-corrected chi connectivity index (χ3v) is 2.61. The maximum Gasteiger partial charge on any atom is 0.320 e. The van der Waals surface area contributed by atoms with E-state index in [1.54, 1.807) is 35.1 Å². The third kappa shape index (κ3) is 3.52. The van der Waals surface area contributed by atoms with Gasteiger partial charge in [0.1, 0.15) is 11.8 Å². The van der Waals surface area contributed by atoms with Crippen molar-refractivity contribution >= 4 is 5.97 Å². The van der Waals surface area contributed by atoms with E-state index in [9.17, 15) is 9.90 Å². The zero-order valence-electron chi connectivity index (χ0n) is 10.1. The van der Waals surface area contributed by atoms with Crippen LogP contribution in [0.2, 0.25) is 0 Å². The van der Waals surface area contributed by atoms with Gasteiger partial charge < -0.3 is 15.9 Å². The van der Waals surface area contributed by atoms with Crippen molar-refractivity contribution in [3.63, 3.8) is 0 Å². The van der Waals surface area contributed by atoms with Gasteiger partial charge in [0.05, 0.1) is 12.2 Å². The van der Waals surface area contributed by atoms with E-state index in [1.165, 1.54) is 0 Å². The summed E-state index contributed by atoms with van der Waals surface area (Å²) in [6.07, 6.45) is 1.81. The van der Waals surface area contributed by atoms with Gasteiger partial charge in [0.25, 0.3) is 0 Å². The fourth-order valence-corrected chi connectivity index (χ4v) is 1.61. The Kier molecular flexibility index (Phi) is 3.76. The van der Waals surface area contributed by atoms with Crippen LogP contribution in [-0.4, -0.2) is 37.2 Å². The van der Waals surface area contributed by atoms with E-state index in [1.807, 2.05) is 0 Å². The molecule has 4 N–H and O–H groups in total. The van der Waals surface area contributed by atoms with Crippen molar-refractivity contribution in [2.24, 2.45) is 5.73 Å². The Hall–Kier alpha value is -2.41. The standard InChI is InChI=1S/C12H14N4O3/c13-11(12(18)19)5-9-7-16(15-14-9)6-8-1-3-10(17)4-2-8/h1-4,7,11,17H,5-6,13H2,(H,18,19). The summed E-state index contributed by atoms with van der Waals surface area (Å²) in [6.45, 7) is 0.496. The van der Waals surface area contributed by atoms with Crippen LogP contribution in [0.25, 0.3) is 0 Å². The molecule has 0 radical (unpaired) electrons. The van der Waals surface area contributed by atoms with Crippen LogP contribution in [-0.2, 0) is 17.8 Å². The number of hydrogen-bond acceptors (Lipinski definition) is 5. The van der Waals surface area contributed by atoms with Crippen molar-refractivity contribution in [3.05, 3.63) is 41.7 Å². The van der Waals surface area contributed by atoms with E-state index in [0.29, 0.717) is 12.2 Å². The van der Waals surface area contributed by atoms with Gasteiger partial charge >= 0.3 is 5.97 Å². The summed E-state index contributed by atoms with van der Waals surface area (Å²) in [5, 5.41) is 25.7. The molecule has 0 aliphatic rings. The van der Waals surface area contributed by atoms with Gasteiger partial charge in [0.15, 0.2) is 0 Å². The Labute approximate surface area is 109 Å². The smallest absolute Gasteiger partial charge is 0.320 e. The lowest BCUT2D eigenvalue weighted by molar-refractivity contribution is -0.138. The second kappa shape index (κ2) is 5.49. The molecule has 1 aromatic carbocycles. The number of aliphatic carboxylic acids is 1. The summed E-state index contributed by atoms with van der Waals surface area (Å²) in [5.74, 6) is -0.858. The van der Waals surface area contributed by atoms with Crippen molar-refractivity contribution in [2.75, 3.05) is 0 Å². The minimum Gasteiger partial charge on any atom is -0.508 e. The molecule has 0 saturated heterocycles. The van der Waals surface area contributed by atoms with Crippen LogP contribution in [0.15, 0.2) is 30.5 Å². The van der Waals surface area contributed by atoms with E-state index in [2.05, 4.69) is 10.3 Å². The quantitative estimate of drug-likeness (QED) is 0.698. The predicted octanol–water partition coefficient (Wildman–Crippen LogP) is -0.0136. The Morgan fingerprint density at radius 2 is 2.05 bits per heavy atom. The van der Waals surface area contributed by atoms with Crippen molar-refractivity contribution in [2.45, 2.75) is 19.0 Å². The summed E-state index contributed by atoms with van der Waals surface area (Å²) in [4.78, 5) is 10.6. The number of nitrogens with zero attached hydrogens (tertiary/aromatic N) is 3. The Morgan fingerprint density at radius 1 is 1.37 bits per heavy atom. The Morgan fingerprint density at radius 3 is 2.68 bits per heavy atom. The lowest BCUT2D eigenvalue weighted by atomic mass is 10.2. The molecule has 1 unspecified atom stereocenters. The maximum absolute atomic E-state index is 10.6. The van der Waals surface area contributed by atoms with Gasteiger partial charge in [-0.15, -0.1) is 5.10 Å². The number of benzene rings is 1. The number of hydrogen-bond donors (Lipinski definition) is 3. The SMILES string of the molecule is NC(Cc1cn(Cc2ccc(O)cc2)nn1)C(=O)O. The summed E-state index contributed by atoms with van der Waals surface area (Å²) in [6, 6.07) is 5.76. The Balaban J connectivity index is 2.01. The lowest BCUT2D eigenvalue weighted by Gasteiger charge is -2.02. The van der Waals surface area contributed by atoms with Crippen LogP contribution in [0.3, 0.4) is 0 Å². The number of rotatable bonds is 5. The largest absolute Gasteiger partial charge is 0.508 e. The van der Waals surface area contributed by atoms with Crippen LogP contribution >= 0.6 is 0 Å². The van der Waals surface area contributed by atoms with E-state index in [0.717, 1.165) is 5.56 Å². The number of carboxylic acids is 1. The first-order valence-electron chi connectivity index (χ1n) is 5.70. The van der Waals surface area contributed by atoms with Crippen molar-refractivity contribution in [3.8, 4) is 5.75 Å². The summed E-state index contributed by atoms with van der Waals surface area (Å²) in [7, 11) is 0. The molecular formula is C12H14N4O3. The second-order valence-electron chi connectivity index (χ2n) is 4.22. The van der Waals surface area contributed by atoms with E-state index < -0.39 is 12.0 Å². The first kappa shape index (κ1) is 13.0. The molecule has 0 bridgehead atoms. The normalized spacial score (nSPS) is 12.3. The molecule has 2 rings (SSSR count). The topological polar surface area (TPSA) is 114 Å². The average molecular weight is 262 g/mol. The summed E-state index contributed by atoms with van der Waals surface area (Å²) >= 11 is 0. The zero-order valence-corrected chi connectivity index (χ0v) is 10.1. The van der Waals surface area contributed by atoms with E-state index in [-0.39, 0.29) is 12.2 Å². The van der Waals surface area contributed by atoms with Crippen LogP contribution in [0.4, 0.5) is 0 Å². The fraction of sp³-hybridized carbons (Fsp3) is 0.250. The number of aromatic nitrogens is 3. The number of nitrogens with two attached hydrogens (primary N) is 1. The molecular weight excluding hydrogens is 248 g/mol. The molecule has 19 heavy (non-hydrogen) atoms. The first-order chi connectivity index (χ1) is 9.04. The summed E-state index contributed by atoms with van der Waals surface area (Å²) in [5.41, 5.74) is 6.91. The predicted molar refractivity (Wildman–Crippen MR) is 66.5 cm³/mol. The van der Waals surface area contributed by atoms with Gasteiger partial charge in [-0.25, -0.2) is 4.68 Å². The van der Waals surface area contributed by atoms with Gasteiger partial charge in [-0.3, -0.25) is 4.79 Å². The molecule has 0 aliphatic carbocycles. The lowest BCUT2D eigenvalue weighted by Crippen LogP contribution is -2.32. The maximum atomic E-state index is 10.6. The Bertz CT molecular complexity index is 565. The highest BCUT2D eigenvalue weighted by Crippen LogP contribution is 2.10. The molecule has 7 heteroatoms. The van der Waals surface area contributed by atoms with Crippen molar-refractivity contribution < 1.29 is 15.0 Å². The van der Waals surface area contributed by atoms with E-state index in [4.69, 9.17) is 10.8 Å². The van der Waals surface area contributed by atoms with Crippen molar-refractivity contribution in [1.82, 2.24) is 15.0 Å². The molecule has 1 aromatic heterocycles. The number of aromatic hydroxyl groups is 1. The van der Waals surface area contributed by atoms with Gasteiger partial charge in [-0.05, 0) is 17.7 Å². The molecule has 100 valence electrons.